The second kappa shape index (κ2) is 7.30. The van der Waals surface area contributed by atoms with E-state index in [1.54, 1.807) is 6.07 Å². The van der Waals surface area contributed by atoms with Crippen molar-refractivity contribution >= 4 is 33.6 Å². The average Bonchev–Trinajstić information content (AvgIpc) is 2.89. The van der Waals surface area contributed by atoms with Crippen molar-refractivity contribution in [3.8, 4) is 6.07 Å². The van der Waals surface area contributed by atoms with E-state index in [2.05, 4.69) is 20.9 Å². The Morgan fingerprint density at radius 2 is 1.94 bits per heavy atom. The highest BCUT2D eigenvalue weighted by atomic mass is 79.9. The third kappa shape index (κ3) is 3.35. The topological polar surface area (TPSA) is 77.3 Å². The van der Waals surface area contributed by atoms with Gasteiger partial charge in [0, 0.05) is 10.0 Å². The Morgan fingerprint density at radius 3 is 2.48 bits per heavy atom. The summed E-state index contributed by atoms with van der Waals surface area (Å²) >= 11 is 3.15. The predicted octanol–water partition coefficient (Wildman–Crippen LogP) is 4.77. The number of nitrogens with zero attached hydrogens (tertiary/aromatic N) is 4. The summed E-state index contributed by atoms with van der Waals surface area (Å²) in [5.74, 6) is -1.26. The molecule has 1 aromatic heterocycles. The normalized spacial score (nSPS) is 17.8. The Kier molecular flexibility index (Phi) is 5.00. The van der Waals surface area contributed by atoms with Crippen LogP contribution in [0, 0.1) is 17.1 Å². The van der Waals surface area contributed by atoms with Gasteiger partial charge in [0.2, 0.25) is 0 Å². The standard InChI is InChI=1S/C20H13BrF4N4O2/c21-12-3-2-11(15(22)6-12)10-28-18(31)29(17(30)19(28)4-1-5-19)13-7-14(20(23,24)25)16(8-26)27-9-13/h2-3,6-7,9H,1,4-5,10H2. The number of nitriles is 1. The zero-order valence-electron chi connectivity index (χ0n) is 15.7. The molecule has 1 saturated heterocycles. The van der Waals surface area contributed by atoms with Crippen LogP contribution in [0.2, 0.25) is 0 Å². The van der Waals surface area contributed by atoms with E-state index in [9.17, 15) is 27.2 Å². The number of anilines is 1. The number of hydrogen-bond acceptors (Lipinski definition) is 4. The lowest BCUT2D eigenvalue weighted by atomic mass is 9.75. The maximum atomic E-state index is 14.4. The number of carbonyl (C=O) groups excluding carboxylic acids is 2. The van der Waals surface area contributed by atoms with Crippen molar-refractivity contribution in [2.45, 2.75) is 37.5 Å². The average molecular weight is 497 g/mol. The number of halogens is 5. The summed E-state index contributed by atoms with van der Waals surface area (Å²) < 4.78 is 54.9. The van der Waals surface area contributed by atoms with Gasteiger partial charge in [0.15, 0.2) is 5.69 Å². The summed E-state index contributed by atoms with van der Waals surface area (Å²) in [5, 5.41) is 8.92. The van der Waals surface area contributed by atoms with Gasteiger partial charge in [-0.05, 0) is 37.5 Å². The van der Waals surface area contributed by atoms with Gasteiger partial charge in [0.25, 0.3) is 5.91 Å². The number of aromatic nitrogens is 1. The van der Waals surface area contributed by atoms with E-state index in [1.165, 1.54) is 23.1 Å². The largest absolute Gasteiger partial charge is 0.419 e. The lowest BCUT2D eigenvalue weighted by Crippen LogP contribution is -2.54. The van der Waals surface area contributed by atoms with Crippen molar-refractivity contribution in [3.05, 3.63) is 57.6 Å². The van der Waals surface area contributed by atoms with Gasteiger partial charge >= 0.3 is 12.2 Å². The molecule has 0 N–H and O–H groups in total. The molecule has 1 saturated carbocycles. The molecule has 2 aliphatic rings. The first-order chi connectivity index (χ1) is 14.6. The van der Waals surface area contributed by atoms with Crippen molar-refractivity contribution in [2.24, 2.45) is 0 Å². The van der Waals surface area contributed by atoms with Gasteiger partial charge in [-0.1, -0.05) is 22.0 Å². The van der Waals surface area contributed by atoms with Crippen LogP contribution in [0.15, 0.2) is 34.9 Å². The Labute approximate surface area is 182 Å². The minimum atomic E-state index is -4.89. The molecule has 4 rings (SSSR count). The highest BCUT2D eigenvalue weighted by Gasteiger charge is 2.61. The van der Waals surface area contributed by atoms with Gasteiger partial charge in [-0.25, -0.2) is 19.1 Å². The Balaban J connectivity index is 1.75. The molecule has 0 radical (unpaired) electrons. The van der Waals surface area contributed by atoms with E-state index in [0.29, 0.717) is 34.7 Å². The third-order valence-corrected chi connectivity index (χ3v) is 6.10. The summed E-state index contributed by atoms with van der Waals surface area (Å²) in [4.78, 5) is 31.6. The molecule has 1 aliphatic heterocycles. The number of benzene rings is 1. The monoisotopic (exact) mass is 496 g/mol. The lowest BCUT2D eigenvalue weighted by molar-refractivity contribution is -0.138. The molecule has 6 nitrogen and oxygen atoms in total. The molecule has 0 atom stereocenters. The minimum Gasteiger partial charge on any atom is -0.305 e. The van der Waals surface area contributed by atoms with Crippen molar-refractivity contribution in [2.75, 3.05) is 4.90 Å². The number of hydrogen-bond donors (Lipinski definition) is 0. The van der Waals surface area contributed by atoms with Crippen LogP contribution < -0.4 is 4.90 Å². The molecule has 1 aromatic carbocycles. The van der Waals surface area contributed by atoms with Crippen molar-refractivity contribution < 1.29 is 27.2 Å². The summed E-state index contributed by atoms with van der Waals surface area (Å²) in [6.45, 7) is -0.212. The Bertz CT molecular complexity index is 1140. The molecular formula is C20H13BrF4N4O2. The van der Waals surface area contributed by atoms with Crippen molar-refractivity contribution in [3.63, 3.8) is 0 Å². The second-order valence-electron chi connectivity index (χ2n) is 7.33. The molecule has 1 spiro atoms. The number of rotatable bonds is 3. The molecule has 31 heavy (non-hydrogen) atoms. The smallest absolute Gasteiger partial charge is 0.305 e. The fourth-order valence-electron chi connectivity index (χ4n) is 3.86. The van der Waals surface area contributed by atoms with Crippen molar-refractivity contribution in [1.82, 2.24) is 9.88 Å². The molecule has 0 unspecified atom stereocenters. The third-order valence-electron chi connectivity index (χ3n) is 5.61. The summed E-state index contributed by atoms with van der Waals surface area (Å²) in [6.07, 6.45) is -2.72. The number of urea groups is 1. The van der Waals surface area contributed by atoms with Gasteiger partial charge in [-0.15, -0.1) is 0 Å². The molecule has 2 heterocycles. The quantitative estimate of drug-likeness (QED) is 0.453. The van der Waals surface area contributed by atoms with Gasteiger partial charge < -0.3 is 4.90 Å². The van der Waals surface area contributed by atoms with E-state index in [1.807, 2.05) is 0 Å². The maximum Gasteiger partial charge on any atom is 0.419 e. The Morgan fingerprint density at radius 1 is 1.23 bits per heavy atom. The van der Waals surface area contributed by atoms with Crippen LogP contribution in [0.4, 0.5) is 28.0 Å². The molecule has 11 heteroatoms. The number of imide groups is 1. The number of amides is 3. The minimum absolute atomic E-state index is 0.173. The maximum absolute atomic E-state index is 14.4. The van der Waals surface area contributed by atoms with Crippen LogP contribution in [0.25, 0.3) is 0 Å². The first-order valence-corrected chi connectivity index (χ1v) is 9.95. The van der Waals surface area contributed by atoms with Gasteiger partial charge in [-0.2, -0.15) is 18.4 Å². The number of pyridine rings is 1. The van der Waals surface area contributed by atoms with Crippen LogP contribution in [-0.2, 0) is 17.5 Å². The second-order valence-corrected chi connectivity index (χ2v) is 8.25. The first-order valence-electron chi connectivity index (χ1n) is 9.16. The molecule has 3 amide bonds. The lowest BCUT2D eigenvalue weighted by Gasteiger charge is -2.42. The fraction of sp³-hybridized carbons (Fsp3) is 0.300. The van der Waals surface area contributed by atoms with Crippen LogP contribution in [-0.4, -0.2) is 27.4 Å². The predicted molar refractivity (Wildman–Crippen MR) is 103 cm³/mol. The van der Waals surface area contributed by atoms with Gasteiger partial charge in [0.1, 0.15) is 17.4 Å². The summed E-state index contributed by atoms with van der Waals surface area (Å²) in [7, 11) is 0. The highest BCUT2D eigenvalue weighted by molar-refractivity contribution is 9.10. The van der Waals surface area contributed by atoms with E-state index in [0.717, 1.165) is 6.20 Å². The zero-order chi connectivity index (χ0) is 22.6. The van der Waals surface area contributed by atoms with Crippen LogP contribution in [0.1, 0.15) is 36.1 Å². The fourth-order valence-corrected chi connectivity index (χ4v) is 4.19. The van der Waals surface area contributed by atoms with Gasteiger partial charge in [-0.3, -0.25) is 4.79 Å². The van der Waals surface area contributed by atoms with E-state index >= 15 is 0 Å². The van der Waals surface area contributed by atoms with Crippen LogP contribution >= 0.6 is 15.9 Å². The van der Waals surface area contributed by atoms with E-state index in [4.69, 9.17) is 5.26 Å². The molecular weight excluding hydrogens is 484 g/mol. The van der Waals surface area contributed by atoms with Crippen molar-refractivity contribution in [1.29, 1.82) is 5.26 Å². The van der Waals surface area contributed by atoms with E-state index in [-0.39, 0.29) is 17.8 Å². The Hall–Kier alpha value is -3.00. The number of carbonyl (C=O) groups is 2. The van der Waals surface area contributed by atoms with Crippen LogP contribution in [0.3, 0.4) is 0 Å². The highest BCUT2D eigenvalue weighted by Crippen LogP contribution is 2.46. The number of alkyl halides is 3. The first kappa shape index (κ1) is 21.2. The summed E-state index contributed by atoms with van der Waals surface area (Å²) in [6, 6.07) is 5.35. The zero-order valence-corrected chi connectivity index (χ0v) is 17.3. The molecule has 2 fully saturated rings. The van der Waals surface area contributed by atoms with Crippen LogP contribution in [0.5, 0.6) is 0 Å². The van der Waals surface area contributed by atoms with E-state index < -0.39 is 40.7 Å². The SMILES string of the molecule is N#Cc1ncc(N2C(=O)N(Cc3ccc(Br)cc3F)C3(CCC3)C2=O)cc1C(F)(F)F. The molecule has 160 valence electrons. The molecule has 1 aliphatic carbocycles. The molecule has 0 bridgehead atoms. The summed E-state index contributed by atoms with van der Waals surface area (Å²) in [5.41, 5.74) is -3.64. The van der Waals surface area contributed by atoms with Gasteiger partial charge in [0.05, 0.1) is 24.0 Å². The molecule has 2 aromatic rings.